The van der Waals surface area contributed by atoms with E-state index in [2.05, 4.69) is 25.2 Å². The number of pyridine rings is 1. The molecule has 2 N–H and O–H groups in total. The third-order valence-electron chi connectivity index (χ3n) is 6.57. The van der Waals surface area contributed by atoms with Crippen molar-refractivity contribution >= 4 is 46.0 Å². The molecule has 4 heterocycles. The zero-order chi connectivity index (χ0) is 22.8. The fourth-order valence-corrected chi connectivity index (χ4v) is 5.12. The number of halogens is 2. The molecule has 2 aliphatic rings. The van der Waals surface area contributed by atoms with E-state index in [4.69, 9.17) is 27.9 Å². The van der Waals surface area contributed by atoms with Gasteiger partial charge in [-0.2, -0.15) is 0 Å². The summed E-state index contributed by atoms with van der Waals surface area (Å²) in [5, 5.41) is 7.25. The molecule has 1 atom stereocenters. The minimum atomic E-state index is -0.0563. The maximum atomic E-state index is 12.7. The Morgan fingerprint density at radius 1 is 1.12 bits per heavy atom. The van der Waals surface area contributed by atoms with Gasteiger partial charge in [0.1, 0.15) is 5.82 Å². The summed E-state index contributed by atoms with van der Waals surface area (Å²) >= 11 is 13.2. The lowest BCUT2D eigenvalue weighted by atomic mass is 9.99. The fraction of sp³-hybridized carbons (Fsp3) is 0.458. The molecule has 1 amide bonds. The Balaban J connectivity index is 1.43. The average Bonchev–Trinajstić information content (AvgIpc) is 3.22. The lowest BCUT2D eigenvalue weighted by Crippen LogP contribution is -2.37. The van der Waals surface area contributed by atoms with Crippen LogP contribution in [-0.4, -0.2) is 46.7 Å². The van der Waals surface area contributed by atoms with Crippen LogP contribution in [0, 0.1) is 11.8 Å². The third kappa shape index (κ3) is 5.01. The number of carbonyl (C=O) groups is 1. The number of nitrogens with one attached hydrogen (secondary N) is 2. The molecular weight excluding hydrogens is 461 g/mol. The Morgan fingerprint density at radius 2 is 1.94 bits per heavy atom. The maximum Gasteiger partial charge on any atom is 0.229 e. The number of imidazole rings is 1. The molecule has 1 unspecified atom stereocenters. The highest BCUT2D eigenvalue weighted by Crippen LogP contribution is 2.37. The number of amides is 1. The summed E-state index contributed by atoms with van der Waals surface area (Å²) in [4.78, 5) is 21.5. The van der Waals surface area contributed by atoms with Crippen LogP contribution in [-0.2, 0) is 16.1 Å². The summed E-state index contributed by atoms with van der Waals surface area (Å²) < 4.78 is 7.67. The van der Waals surface area contributed by atoms with Gasteiger partial charge in [-0.15, -0.1) is 0 Å². The van der Waals surface area contributed by atoms with Gasteiger partial charge in [-0.25, -0.2) is 9.97 Å². The quantitative estimate of drug-likeness (QED) is 0.541. The predicted molar refractivity (Wildman–Crippen MR) is 131 cm³/mol. The third-order valence-corrected chi connectivity index (χ3v) is 7.18. The lowest BCUT2D eigenvalue weighted by Gasteiger charge is -2.22. The highest BCUT2D eigenvalue weighted by molar-refractivity contribution is 6.37. The van der Waals surface area contributed by atoms with E-state index in [9.17, 15) is 4.79 Å². The highest BCUT2D eigenvalue weighted by Gasteiger charge is 2.22. The first kappa shape index (κ1) is 22.6. The van der Waals surface area contributed by atoms with E-state index in [1.165, 1.54) is 0 Å². The first-order valence-electron chi connectivity index (χ1n) is 11.5. The Hall–Kier alpha value is -2.19. The molecule has 3 aromatic rings. The SMILES string of the molecule is O=C(Nc1cc(-c2cc3c(cc2Cl)ncn3CC2CCOCC2)c(Cl)cn1)C1CCCNC1. The number of rotatable bonds is 5. The van der Waals surface area contributed by atoms with Crippen molar-refractivity contribution in [3.05, 3.63) is 40.8 Å². The van der Waals surface area contributed by atoms with Gasteiger partial charge in [-0.05, 0) is 56.3 Å². The topological polar surface area (TPSA) is 81.1 Å². The van der Waals surface area contributed by atoms with E-state index in [0.717, 1.165) is 74.1 Å². The molecule has 1 aromatic carbocycles. The molecule has 2 fully saturated rings. The lowest BCUT2D eigenvalue weighted by molar-refractivity contribution is -0.120. The molecule has 2 saturated heterocycles. The molecule has 174 valence electrons. The van der Waals surface area contributed by atoms with Gasteiger partial charge in [0.2, 0.25) is 5.91 Å². The number of nitrogens with zero attached hydrogens (tertiary/aromatic N) is 3. The van der Waals surface area contributed by atoms with Gasteiger partial charge >= 0.3 is 0 Å². The van der Waals surface area contributed by atoms with Gasteiger partial charge in [0.15, 0.2) is 0 Å². The number of piperidine rings is 1. The first-order chi connectivity index (χ1) is 16.1. The zero-order valence-electron chi connectivity index (χ0n) is 18.3. The van der Waals surface area contributed by atoms with Crippen molar-refractivity contribution in [3.63, 3.8) is 0 Å². The van der Waals surface area contributed by atoms with E-state index in [1.807, 2.05) is 18.5 Å². The summed E-state index contributed by atoms with van der Waals surface area (Å²) in [7, 11) is 0. The van der Waals surface area contributed by atoms with Gasteiger partial charge in [0.25, 0.3) is 0 Å². The largest absolute Gasteiger partial charge is 0.381 e. The second kappa shape index (κ2) is 9.97. The summed E-state index contributed by atoms with van der Waals surface area (Å²) in [5.41, 5.74) is 3.38. The number of ether oxygens (including phenoxy) is 1. The number of hydrogen-bond acceptors (Lipinski definition) is 5. The number of anilines is 1. The summed E-state index contributed by atoms with van der Waals surface area (Å²) in [6.07, 6.45) is 7.41. The number of benzene rings is 1. The van der Waals surface area contributed by atoms with Crippen LogP contribution < -0.4 is 10.6 Å². The molecule has 0 saturated carbocycles. The Bertz CT molecular complexity index is 1150. The van der Waals surface area contributed by atoms with E-state index in [1.54, 1.807) is 12.3 Å². The number of fused-ring (bicyclic) bond motifs is 1. The van der Waals surface area contributed by atoms with Crippen molar-refractivity contribution in [2.45, 2.75) is 32.2 Å². The molecule has 0 bridgehead atoms. The first-order valence-corrected chi connectivity index (χ1v) is 12.2. The van der Waals surface area contributed by atoms with E-state index >= 15 is 0 Å². The van der Waals surface area contributed by atoms with Gasteiger partial charge in [0, 0.05) is 43.6 Å². The number of carbonyl (C=O) groups excluding carboxylic acids is 1. The molecule has 9 heteroatoms. The number of aromatic nitrogens is 3. The zero-order valence-corrected chi connectivity index (χ0v) is 19.8. The van der Waals surface area contributed by atoms with Crippen LogP contribution in [0.1, 0.15) is 25.7 Å². The average molecular weight is 488 g/mol. The van der Waals surface area contributed by atoms with Crippen LogP contribution in [0.25, 0.3) is 22.2 Å². The number of hydrogen-bond donors (Lipinski definition) is 2. The van der Waals surface area contributed by atoms with Crippen LogP contribution >= 0.6 is 23.2 Å². The fourth-order valence-electron chi connectivity index (χ4n) is 4.66. The molecule has 2 aliphatic heterocycles. The minimum absolute atomic E-state index is 0.0286. The second-order valence-corrected chi connectivity index (χ2v) is 9.67. The standard InChI is InChI=1S/C24H27Cl2N5O2/c25-19-10-21-22(31(14-29-21)13-15-3-6-33-7-4-15)8-17(19)18-9-23(28-12-20(18)26)30-24(32)16-2-1-5-27-11-16/h8-10,12,14-16,27H,1-7,11,13H2,(H,28,30,32). The van der Waals surface area contributed by atoms with Crippen LogP contribution in [0.3, 0.4) is 0 Å². The Labute approximate surface area is 202 Å². The van der Waals surface area contributed by atoms with Gasteiger partial charge in [-0.3, -0.25) is 4.79 Å². The molecular formula is C24H27Cl2N5O2. The van der Waals surface area contributed by atoms with E-state index in [-0.39, 0.29) is 11.8 Å². The van der Waals surface area contributed by atoms with Crippen molar-refractivity contribution in [1.82, 2.24) is 19.9 Å². The van der Waals surface area contributed by atoms with E-state index in [0.29, 0.717) is 28.3 Å². The monoisotopic (exact) mass is 487 g/mol. The predicted octanol–water partition coefficient (Wildman–Crippen LogP) is 4.77. The van der Waals surface area contributed by atoms with Crippen LogP contribution in [0.15, 0.2) is 30.7 Å². The smallest absolute Gasteiger partial charge is 0.229 e. The van der Waals surface area contributed by atoms with Gasteiger partial charge in [-0.1, -0.05) is 23.2 Å². The van der Waals surface area contributed by atoms with Crippen molar-refractivity contribution < 1.29 is 9.53 Å². The van der Waals surface area contributed by atoms with E-state index < -0.39 is 0 Å². The molecule has 5 rings (SSSR count). The van der Waals surface area contributed by atoms with Crippen molar-refractivity contribution in [1.29, 1.82) is 0 Å². The summed E-state index contributed by atoms with van der Waals surface area (Å²) in [6.45, 7) is 4.16. The van der Waals surface area contributed by atoms with Crippen LogP contribution in [0.2, 0.25) is 10.0 Å². The summed E-state index contributed by atoms with van der Waals surface area (Å²) in [5.74, 6) is 0.950. The Kier molecular flexibility index (Phi) is 6.83. The Morgan fingerprint density at radius 3 is 2.73 bits per heavy atom. The van der Waals surface area contributed by atoms with Gasteiger partial charge < -0.3 is 19.9 Å². The summed E-state index contributed by atoms with van der Waals surface area (Å²) in [6, 6.07) is 5.69. The highest BCUT2D eigenvalue weighted by atomic mass is 35.5. The van der Waals surface area contributed by atoms with Crippen LogP contribution in [0.5, 0.6) is 0 Å². The van der Waals surface area contributed by atoms with Crippen molar-refractivity contribution in [2.75, 3.05) is 31.6 Å². The van der Waals surface area contributed by atoms with Crippen LogP contribution in [0.4, 0.5) is 5.82 Å². The molecule has 2 aromatic heterocycles. The minimum Gasteiger partial charge on any atom is -0.381 e. The molecule has 0 aliphatic carbocycles. The van der Waals surface area contributed by atoms with Crippen molar-refractivity contribution in [2.24, 2.45) is 11.8 Å². The molecule has 7 nitrogen and oxygen atoms in total. The molecule has 0 spiro atoms. The second-order valence-electron chi connectivity index (χ2n) is 8.86. The van der Waals surface area contributed by atoms with Crippen molar-refractivity contribution in [3.8, 4) is 11.1 Å². The molecule has 33 heavy (non-hydrogen) atoms. The molecule has 0 radical (unpaired) electrons. The van der Waals surface area contributed by atoms with Gasteiger partial charge in [0.05, 0.1) is 33.3 Å². The maximum absolute atomic E-state index is 12.7. The normalized spacial score (nSPS) is 19.6.